The lowest BCUT2D eigenvalue weighted by molar-refractivity contribution is -0.149. The van der Waals surface area contributed by atoms with Gasteiger partial charge in [-0.3, -0.25) is 4.79 Å². The van der Waals surface area contributed by atoms with Gasteiger partial charge < -0.3 is 5.11 Å². The number of Topliss-reactive ketones (excluding diaryl/α,β-unsaturated/α-hetero) is 1. The number of hydrogen-bond donors (Lipinski definition) is 1. The maximum Gasteiger partial charge on any atom is 0.372 e. The van der Waals surface area contributed by atoms with Crippen LogP contribution in [0.4, 0.5) is 0 Å². The standard InChI is InChI=1S/C6H10O3/c1-4(2)3-5(7)6(8)9/h4H,3H2,1-2H3,(H,8,9)/i3D. The van der Waals surface area contributed by atoms with Crippen molar-refractivity contribution in [3.8, 4) is 0 Å². The number of hydrogen-bond acceptors (Lipinski definition) is 2. The Morgan fingerprint density at radius 3 is 2.22 bits per heavy atom. The van der Waals surface area contributed by atoms with Gasteiger partial charge in [-0.1, -0.05) is 13.8 Å². The summed E-state index contributed by atoms with van der Waals surface area (Å²) in [4.78, 5) is 20.5. The van der Waals surface area contributed by atoms with Crippen LogP contribution < -0.4 is 0 Å². The van der Waals surface area contributed by atoms with Gasteiger partial charge in [0, 0.05) is 7.77 Å². The summed E-state index contributed by atoms with van der Waals surface area (Å²) in [5.74, 6) is -2.78. The molecule has 0 aliphatic heterocycles. The van der Waals surface area contributed by atoms with E-state index in [1.165, 1.54) is 0 Å². The van der Waals surface area contributed by atoms with Crippen LogP contribution in [0.1, 0.15) is 21.6 Å². The monoisotopic (exact) mass is 131 g/mol. The maximum atomic E-state index is 10.5. The number of carbonyl (C=O) groups excluding carboxylic acids is 1. The molecule has 0 rings (SSSR count). The topological polar surface area (TPSA) is 54.4 Å². The first-order valence-corrected chi connectivity index (χ1v) is 2.66. The minimum absolute atomic E-state index is 0.233. The second-order valence-corrected chi connectivity index (χ2v) is 2.08. The van der Waals surface area contributed by atoms with Crippen molar-refractivity contribution in [3.63, 3.8) is 0 Å². The molecule has 3 heteroatoms. The number of ketones is 1. The average molecular weight is 131 g/mol. The molecule has 0 radical (unpaired) electrons. The summed E-state index contributed by atoms with van der Waals surface area (Å²) in [5.41, 5.74) is 0. The predicted molar refractivity (Wildman–Crippen MR) is 32.1 cm³/mol. The first-order chi connectivity index (χ1) is 4.46. The molecule has 0 aliphatic carbocycles. The summed E-state index contributed by atoms with van der Waals surface area (Å²) < 4.78 is 7.03. The normalized spacial score (nSPS) is 14.8. The molecule has 0 saturated heterocycles. The number of carbonyl (C=O) groups is 2. The Hall–Kier alpha value is -0.860. The lowest BCUT2D eigenvalue weighted by Gasteiger charge is -1.97. The summed E-state index contributed by atoms with van der Waals surface area (Å²) in [6.07, 6.45) is -1.13. The third-order valence-electron chi connectivity index (χ3n) is 0.695. The number of carboxylic acids is 1. The molecule has 52 valence electrons. The third-order valence-corrected chi connectivity index (χ3v) is 0.695. The average Bonchev–Trinajstić information content (AvgIpc) is 1.84. The number of aliphatic carboxylic acids is 1. The maximum absolute atomic E-state index is 10.5. The first kappa shape index (κ1) is 6.26. The highest BCUT2D eigenvalue weighted by molar-refractivity contribution is 6.32. The van der Waals surface area contributed by atoms with Crippen LogP contribution >= 0.6 is 0 Å². The van der Waals surface area contributed by atoms with Crippen LogP contribution in [0.2, 0.25) is 0 Å². The molecule has 9 heavy (non-hydrogen) atoms. The highest BCUT2D eigenvalue weighted by atomic mass is 16.4. The zero-order valence-corrected chi connectivity index (χ0v) is 5.42. The summed E-state index contributed by atoms with van der Waals surface area (Å²) in [5, 5.41) is 8.13. The van der Waals surface area contributed by atoms with Crippen molar-refractivity contribution < 1.29 is 16.1 Å². The Balaban J connectivity index is 4.08. The van der Waals surface area contributed by atoms with Crippen LogP contribution in [0.5, 0.6) is 0 Å². The van der Waals surface area contributed by atoms with E-state index < -0.39 is 18.1 Å². The largest absolute Gasteiger partial charge is 0.476 e. The predicted octanol–water partition coefficient (Wildman–Crippen LogP) is 0.686. The van der Waals surface area contributed by atoms with E-state index in [4.69, 9.17) is 6.48 Å². The van der Waals surface area contributed by atoms with Gasteiger partial charge in [0.25, 0.3) is 0 Å². The second-order valence-electron chi connectivity index (χ2n) is 2.08. The molecule has 0 amide bonds. The van der Waals surface area contributed by atoms with E-state index >= 15 is 0 Å². The van der Waals surface area contributed by atoms with Crippen LogP contribution in [-0.2, 0) is 9.59 Å². The number of carboxylic acid groups (broad SMARTS) is 1. The Bertz CT molecular complexity index is 153. The molecule has 1 N–H and O–H groups in total. The fraction of sp³-hybridized carbons (Fsp3) is 0.667. The van der Waals surface area contributed by atoms with Gasteiger partial charge in [0.15, 0.2) is 0 Å². The second kappa shape index (κ2) is 3.22. The molecule has 1 atom stereocenters. The van der Waals surface area contributed by atoms with E-state index in [0.29, 0.717) is 0 Å². The molecule has 0 heterocycles. The van der Waals surface area contributed by atoms with E-state index in [2.05, 4.69) is 0 Å². The van der Waals surface area contributed by atoms with Gasteiger partial charge in [0.1, 0.15) is 0 Å². The Kier molecular flexibility index (Phi) is 2.24. The minimum atomic E-state index is -1.52. The lowest BCUT2D eigenvalue weighted by Crippen LogP contribution is -2.14. The molecule has 0 aromatic heterocycles. The van der Waals surface area contributed by atoms with Gasteiger partial charge >= 0.3 is 5.97 Å². The van der Waals surface area contributed by atoms with E-state index in [-0.39, 0.29) is 5.92 Å². The van der Waals surface area contributed by atoms with E-state index in [0.717, 1.165) is 0 Å². The lowest BCUT2D eigenvalue weighted by atomic mass is 10.1. The number of rotatable bonds is 3. The summed E-state index contributed by atoms with van der Waals surface area (Å²) in [7, 11) is 0. The van der Waals surface area contributed by atoms with Crippen molar-refractivity contribution in [3.05, 3.63) is 0 Å². The molecule has 0 saturated carbocycles. The van der Waals surface area contributed by atoms with Gasteiger partial charge in [-0.05, 0) is 5.92 Å². The SMILES string of the molecule is [2H]C(C(=O)C(=O)O)C(C)C. The fourth-order valence-corrected chi connectivity index (χ4v) is 0.374. The highest BCUT2D eigenvalue weighted by Crippen LogP contribution is 1.99. The fourth-order valence-electron chi connectivity index (χ4n) is 0.374. The van der Waals surface area contributed by atoms with E-state index in [9.17, 15) is 9.59 Å². The molecule has 0 bridgehead atoms. The third kappa shape index (κ3) is 3.70. The first-order valence-electron chi connectivity index (χ1n) is 3.24. The molecular formula is C6H10O3. The van der Waals surface area contributed by atoms with Gasteiger partial charge in [0.05, 0.1) is 0 Å². The molecule has 0 aromatic carbocycles. The quantitative estimate of drug-likeness (QED) is 0.573. The van der Waals surface area contributed by atoms with Crippen molar-refractivity contribution in [1.29, 1.82) is 0 Å². The van der Waals surface area contributed by atoms with Crippen LogP contribution in [0.25, 0.3) is 0 Å². The molecule has 1 unspecified atom stereocenters. The highest BCUT2D eigenvalue weighted by Gasteiger charge is 2.11. The van der Waals surface area contributed by atoms with Crippen molar-refractivity contribution in [1.82, 2.24) is 0 Å². The van der Waals surface area contributed by atoms with Gasteiger partial charge in [-0.2, -0.15) is 0 Å². The van der Waals surface area contributed by atoms with Crippen LogP contribution in [-0.4, -0.2) is 16.9 Å². The smallest absolute Gasteiger partial charge is 0.372 e. The van der Waals surface area contributed by atoms with Gasteiger partial charge in [0.2, 0.25) is 5.78 Å². The molecular weight excluding hydrogens is 120 g/mol. The Morgan fingerprint density at radius 2 is 2.11 bits per heavy atom. The zero-order valence-electron chi connectivity index (χ0n) is 6.42. The Morgan fingerprint density at radius 1 is 1.67 bits per heavy atom. The van der Waals surface area contributed by atoms with Crippen LogP contribution in [0.15, 0.2) is 0 Å². The van der Waals surface area contributed by atoms with Crippen molar-refractivity contribution >= 4 is 11.8 Å². The molecule has 0 aromatic rings. The van der Waals surface area contributed by atoms with Crippen molar-refractivity contribution in [2.24, 2.45) is 5.92 Å². The van der Waals surface area contributed by atoms with Crippen LogP contribution in [0.3, 0.4) is 0 Å². The van der Waals surface area contributed by atoms with Crippen molar-refractivity contribution in [2.45, 2.75) is 20.2 Å². The Labute approximate surface area is 55.1 Å². The molecule has 0 spiro atoms. The molecule has 0 fully saturated rings. The summed E-state index contributed by atoms with van der Waals surface area (Å²) in [6, 6.07) is 0. The van der Waals surface area contributed by atoms with E-state index in [1.54, 1.807) is 13.8 Å². The van der Waals surface area contributed by atoms with Crippen LogP contribution in [0, 0.1) is 5.92 Å². The van der Waals surface area contributed by atoms with Gasteiger partial charge in [-0.15, -0.1) is 0 Å². The molecule has 0 aliphatic rings. The summed E-state index contributed by atoms with van der Waals surface area (Å²) >= 11 is 0. The molecule has 3 nitrogen and oxygen atoms in total. The minimum Gasteiger partial charge on any atom is -0.476 e. The van der Waals surface area contributed by atoms with E-state index in [1.807, 2.05) is 0 Å². The zero-order chi connectivity index (χ0) is 8.31. The van der Waals surface area contributed by atoms with Crippen molar-refractivity contribution in [2.75, 3.05) is 0 Å². The summed E-state index contributed by atoms with van der Waals surface area (Å²) in [6.45, 7) is 3.27. The van der Waals surface area contributed by atoms with Gasteiger partial charge in [-0.25, -0.2) is 4.79 Å².